The third-order valence-electron chi connectivity index (χ3n) is 4.77. The van der Waals surface area contributed by atoms with Crippen LogP contribution in [0.25, 0.3) is 0 Å². The first kappa shape index (κ1) is 20.3. The van der Waals surface area contributed by atoms with Gasteiger partial charge in [0.2, 0.25) is 0 Å². The highest BCUT2D eigenvalue weighted by atomic mass is 28.3. The highest BCUT2D eigenvalue weighted by Gasteiger charge is 2.47. The molecule has 1 rings (SSSR count). The van der Waals surface area contributed by atoms with E-state index < -0.39 is 22.2 Å². The lowest BCUT2D eigenvalue weighted by Crippen LogP contribution is -2.48. The Bertz CT molecular complexity index is 377. The van der Waals surface area contributed by atoms with Crippen LogP contribution in [0.2, 0.25) is 28.2 Å². The first-order chi connectivity index (χ1) is 9.73. The van der Waals surface area contributed by atoms with E-state index in [1.54, 1.807) is 0 Å². The van der Waals surface area contributed by atoms with Crippen LogP contribution in [0.5, 0.6) is 0 Å². The van der Waals surface area contributed by atoms with E-state index in [9.17, 15) is 0 Å². The summed E-state index contributed by atoms with van der Waals surface area (Å²) >= 11 is -1.07. The molecule has 0 aromatic rings. The molecule has 0 aromatic heterocycles. The smallest absolute Gasteiger partial charge is 0.308 e. The van der Waals surface area contributed by atoms with Crippen LogP contribution in [0.4, 0.5) is 0 Å². The van der Waals surface area contributed by atoms with Crippen LogP contribution < -0.4 is 0 Å². The Hall–Kier alpha value is 0.249. The molecule has 0 atom stereocenters. The van der Waals surface area contributed by atoms with E-state index in [4.69, 9.17) is 0 Å². The Kier molecular flexibility index (Phi) is 6.47. The van der Waals surface area contributed by atoms with Gasteiger partial charge in [-0.25, -0.2) is 0 Å². The molecule has 1 heterocycles. The normalized spacial score (nSPS) is 19.5. The van der Waals surface area contributed by atoms with Gasteiger partial charge in [-0.2, -0.15) is 0 Å². The van der Waals surface area contributed by atoms with Crippen LogP contribution in [0, 0.1) is 0 Å². The number of hydrogen-bond acceptors (Lipinski definition) is 2. The van der Waals surface area contributed by atoms with Crippen LogP contribution in [0.1, 0.15) is 41.5 Å². The lowest BCUT2D eigenvalue weighted by atomic mass is 10.2. The first-order valence-corrected chi connectivity index (χ1v) is 14.1. The molecular weight excluding hydrogens is 299 g/mol. The van der Waals surface area contributed by atoms with E-state index in [1.807, 2.05) is 4.06 Å². The van der Waals surface area contributed by atoms with Crippen LogP contribution in [-0.4, -0.2) is 65.2 Å². The Labute approximate surface area is 145 Å². The zero-order valence-electron chi connectivity index (χ0n) is 16.9. The van der Waals surface area contributed by atoms with Crippen molar-refractivity contribution in [3.05, 3.63) is 10.3 Å². The van der Waals surface area contributed by atoms with Gasteiger partial charge in [0.1, 0.15) is 0 Å². The predicted molar refractivity (Wildman–Crippen MR) is 106 cm³/mol. The van der Waals surface area contributed by atoms with Gasteiger partial charge in [0, 0.05) is 26.2 Å². The van der Waals surface area contributed by atoms with E-state index in [0.29, 0.717) is 8.55 Å². The summed E-state index contributed by atoms with van der Waals surface area (Å²) in [5.74, 6) is 0. The van der Waals surface area contributed by atoms with E-state index in [2.05, 4.69) is 84.2 Å². The summed E-state index contributed by atoms with van der Waals surface area (Å²) in [6.45, 7) is 27.3. The fraction of sp³-hybridized carbons (Fsp3) is 0.889. The Morgan fingerprint density at radius 2 is 1.27 bits per heavy atom. The monoisotopic (exact) mass is 338 g/mol. The molecule has 4 heteroatoms. The molecule has 0 bridgehead atoms. The summed E-state index contributed by atoms with van der Waals surface area (Å²) in [5, 5.41) is 0. The van der Waals surface area contributed by atoms with Crippen molar-refractivity contribution in [1.29, 1.82) is 0 Å². The summed E-state index contributed by atoms with van der Waals surface area (Å²) in [6.07, 6.45) is 2.63. The largest absolute Gasteiger partial charge is 0.377 e. The maximum Gasteiger partial charge on any atom is 0.308 e. The molecule has 0 N–H and O–H groups in total. The minimum absolute atomic E-state index is 0.441. The van der Waals surface area contributed by atoms with Gasteiger partial charge in [0.25, 0.3) is 0 Å². The van der Waals surface area contributed by atoms with Gasteiger partial charge in [-0.3, -0.25) is 0 Å². The summed E-state index contributed by atoms with van der Waals surface area (Å²) in [7, 11) is 0.936. The topological polar surface area (TPSA) is 6.48 Å². The molecule has 22 heavy (non-hydrogen) atoms. The van der Waals surface area contributed by atoms with Gasteiger partial charge in [-0.1, -0.05) is 69.7 Å². The average Bonchev–Trinajstić information content (AvgIpc) is 2.26. The molecule has 2 nitrogen and oxygen atoms in total. The van der Waals surface area contributed by atoms with Gasteiger partial charge in [0.05, 0.1) is 8.07 Å². The van der Waals surface area contributed by atoms with Crippen molar-refractivity contribution < 1.29 is 0 Å². The lowest BCUT2D eigenvalue weighted by Gasteiger charge is -2.43. The lowest BCUT2D eigenvalue weighted by molar-refractivity contribution is 0.198. The molecule has 0 radical (unpaired) electrons. The third-order valence-corrected chi connectivity index (χ3v) is 14.3. The summed E-state index contributed by atoms with van der Waals surface area (Å²) in [6, 6.07) is 0. The molecule has 1 aliphatic rings. The zero-order valence-corrected chi connectivity index (χ0v) is 19.0. The fourth-order valence-corrected chi connectivity index (χ4v) is 15.5. The maximum atomic E-state index is 2.63. The highest BCUT2D eigenvalue weighted by molar-refractivity contribution is 6.99. The average molecular weight is 339 g/mol. The predicted octanol–water partition coefficient (Wildman–Crippen LogP) is 4.63. The van der Waals surface area contributed by atoms with Crippen molar-refractivity contribution in [2.75, 3.05) is 33.2 Å². The number of piperazine rings is 1. The number of likely N-dealkylation sites (N-methyl/N-ethyl adjacent to an activating group) is 1. The van der Waals surface area contributed by atoms with Crippen LogP contribution in [-0.2, 0) is 0 Å². The first-order valence-electron chi connectivity index (χ1n) is 8.88. The van der Waals surface area contributed by atoms with Crippen molar-refractivity contribution >= 4 is 22.2 Å². The highest BCUT2D eigenvalue weighted by Crippen LogP contribution is 2.47. The number of rotatable bonds is 3. The molecular formula is C18H39AlN2Si. The van der Waals surface area contributed by atoms with Crippen molar-refractivity contribution in [3.63, 3.8) is 0 Å². The third kappa shape index (κ3) is 5.71. The molecule has 1 saturated heterocycles. The van der Waals surface area contributed by atoms with Crippen molar-refractivity contribution in [1.82, 2.24) is 9.80 Å². The standard InChI is InChI=1S/C10H21N2Si.2C4H9.Al/c1-11-5-7-12(8-6-11)9-10-13(2,3)4;2*1-4(2)3;/h9H,5-8H2,1-4H3;2*1-3H3;. The second kappa shape index (κ2) is 7.01. The molecule has 128 valence electrons. The number of hydrogen-bond donors (Lipinski definition) is 0. The molecule has 0 unspecified atom stereocenters. The van der Waals surface area contributed by atoms with E-state index >= 15 is 0 Å². The van der Waals surface area contributed by atoms with E-state index in [1.165, 1.54) is 26.2 Å². The zero-order chi connectivity index (χ0) is 17.3. The SMILES string of the molecule is CN1CCN(/C=[C](/[Al]([C](C)(C)C)[C](C)(C)C)[Si](C)(C)C)CC1. The van der Waals surface area contributed by atoms with Crippen LogP contribution in [0.15, 0.2) is 10.3 Å². The summed E-state index contributed by atoms with van der Waals surface area (Å²) in [4.78, 5) is 5.06. The minimum Gasteiger partial charge on any atom is -0.377 e. The second-order valence-corrected chi connectivity index (χ2v) is 20.9. The van der Waals surface area contributed by atoms with E-state index in [0.717, 1.165) is 0 Å². The molecule has 1 aliphatic heterocycles. The summed E-state index contributed by atoms with van der Waals surface area (Å²) < 4.78 is 2.77. The van der Waals surface area contributed by atoms with Crippen LogP contribution in [0.3, 0.4) is 0 Å². The van der Waals surface area contributed by atoms with Crippen molar-refractivity contribution in [2.45, 2.75) is 69.7 Å². The van der Waals surface area contributed by atoms with Gasteiger partial charge in [-0.15, -0.1) is 4.06 Å². The van der Waals surface area contributed by atoms with Crippen molar-refractivity contribution in [3.8, 4) is 0 Å². The number of nitrogens with zero attached hydrogens (tertiary/aromatic N) is 2. The second-order valence-electron chi connectivity index (χ2n) is 10.3. The maximum absolute atomic E-state index is 2.63. The Morgan fingerprint density at radius 3 is 1.59 bits per heavy atom. The van der Waals surface area contributed by atoms with Gasteiger partial charge in [-0.05, 0) is 13.2 Å². The minimum atomic E-state index is -1.30. The molecule has 0 saturated carbocycles. The molecule has 0 amide bonds. The Balaban J connectivity index is 3.21. The molecule has 0 spiro atoms. The molecule has 0 aliphatic carbocycles. The fourth-order valence-electron chi connectivity index (χ4n) is 4.08. The van der Waals surface area contributed by atoms with E-state index in [-0.39, 0.29) is 0 Å². The Morgan fingerprint density at radius 1 is 0.864 bits per heavy atom. The molecule has 0 aromatic carbocycles. The quantitative estimate of drug-likeness (QED) is 0.692. The van der Waals surface area contributed by atoms with Gasteiger partial charge >= 0.3 is 14.1 Å². The van der Waals surface area contributed by atoms with Crippen molar-refractivity contribution in [2.24, 2.45) is 0 Å². The summed E-state index contributed by atoms with van der Waals surface area (Å²) in [5.41, 5.74) is 0. The van der Waals surface area contributed by atoms with Gasteiger partial charge in [0.15, 0.2) is 0 Å². The molecule has 1 fully saturated rings. The van der Waals surface area contributed by atoms with Gasteiger partial charge < -0.3 is 9.80 Å². The van der Waals surface area contributed by atoms with Crippen LogP contribution >= 0.6 is 0 Å².